The average Bonchev–Trinajstić information content (AvgIpc) is 2.41. The van der Waals surface area contributed by atoms with Gasteiger partial charge < -0.3 is 19.9 Å². The third kappa shape index (κ3) is 3.14. The highest BCUT2D eigenvalue weighted by atomic mass is 35.5. The lowest BCUT2D eigenvalue weighted by molar-refractivity contribution is 0.320. The second kappa shape index (κ2) is 5.57. The average molecular weight is 283 g/mol. The molecule has 0 fully saturated rings. The number of methoxy groups -OCH3 is 2. The minimum atomic E-state index is 0.0118. The number of nitrogen functional groups attached to an aromatic ring is 1. The van der Waals surface area contributed by atoms with Crippen LogP contribution < -0.4 is 19.9 Å². The molecular formula is C11H11ClN4O3. The zero-order valence-corrected chi connectivity index (χ0v) is 11.0. The van der Waals surface area contributed by atoms with Gasteiger partial charge in [0.15, 0.2) is 5.75 Å². The first kappa shape index (κ1) is 13.2. The van der Waals surface area contributed by atoms with Crippen LogP contribution in [0.4, 0.5) is 5.69 Å². The summed E-state index contributed by atoms with van der Waals surface area (Å²) in [6, 6.07) is 4.98. The third-order valence-electron chi connectivity index (χ3n) is 2.11. The molecule has 0 spiro atoms. The van der Waals surface area contributed by atoms with Gasteiger partial charge in [-0.1, -0.05) is 11.6 Å². The third-order valence-corrected chi connectivity index (χ3v) is 2.35. The van der Waals surface area contributed by atoms with Crippen LogP contribution in [-0.4, -0.2) is 29.2 Å². The highest BCUT2D eigenvalue weighted by molar-refractivity contribution is 6.30. The Labute approximate surface area is 114 Å². The largest absolute Gasteiger partial charge is 0.467 e. The summed E-state index contributed by atoms with van der Waals surface area (Å²) < 4.78 is 15.3. The van der Waals surface area contributed by atoms with Crippen molar-refractivity contribution in [1.29, 1.82) is 0 Å². The molecule has 0 amide bonds. The summed E-state index contributed by atoms with van der Waals surface area (Å²) in [5.41, 5.74) is 6.13. The van der Waals surface area contributed by atoms with E-state index in [2.05, 4.69) is 15.0 Å². The van der Waals surface area contributed by atoms with Gasteiger partial charge in [-0.05, 0) is 18.2 Å². The molecule has 2 aromatic rings. The summed E-state index contributed by atoms with van der Waals surface area (Å²) >= 11 is 5.80. The quantitative estimate of drug-likeness (QED) is 0.856. The van der Waals surface area contributed by atoms with Gasteiger partial charge in [0.2, 0.25) is 0 Å². The van der Waals surface area contributed by atoms with E-state index in [0.29, 0.717) is 16.5 Å². The number of anilines is 1. The van der Waals surface area contributed by atoms with Crippen molar-refractivity contribution in [1.82, 2.24) is 15.0 Å². The summed E-state index contributed by atoms with van der Waals surface area (Å²) in [7, 11) is 2.85. The number of ether oxygens (including phenoxy) is 3. The van der Waals surface area contributed by atoms with Crippen LogP contribution in [0.2, 0.25) is 5.02 Å². The molecule has 1 aromatic carbocycles. The van der Waals surface area contributed by atoms with Crippen LogP contribution in [0, 0.1) is 0 Å². The smallest absolute Gasteiger partial charge is 0.331 e. The molecule has 0 aliphatic heterocycles. The zero-order chi connectivity index (χ0) is 13.8. The minimum Gasteiger partial charge on any atom is -0.467 e. The van der Waals surface area contributed by atoms with E-state index in [1.807, 2.05) is 0 Å². The molecule has 0 saturated carbocycles. The van der Waals surface area contributed by atoms with E-state index in [0.717, 1.165) is 0 Å². The highest BCUT2D eigenvalue weighted by Gasteiger charge is 2.10. The lowest BCUT2D eigenvalue weighted by Gasteiger charge is -2.08. The van der Waals surface area contributed by atoms with Crippen molar-refractivity contribution in [3.63, 3.8) is 0 Å². The van der Waals surface area contributed by atoms with Crippen LogP contribution in [0.25, 0.3) is 0 Å². The Hall–Kier alpha value is -2.28. The number of rotatable bonds is 4. The number of nitrogens with zero attached hydrogens (tertiary/aromatic N) is 3. The molecule has 0 unspecified atom stereocenters. The van der Waals surface area contributed by atoms with Crippen LogP contribution in [0.5, 0.6) is 23.8 Å². The lowest BCUT2D eigenvalue weighted by atomic mass is 10.3. The molecule has 0 aliphatic carbocycles. The zero-order valence-electron chi connectivity index (χ0n) is 10.3. The predicted molar refractivity (Wildman–Crippen MR) is 68.9 cm³/mol. The maximum absolute atomic E-state index is 5.80. The normalized spacial score (nSPS) is 10.1. The van der Waals surface area contributed by atoms with Gasteiger partial charge in [0.25, 0.3) is 0 Å². The van der Waals surface area contributed by atoms with E-state index < -0.39 is 0 Å². The first-order valence-corrected chi connectivity index (χ1v) is 5.57. The fraction of sp³-hybridized carbons (Fsp3) is 0.182. The molecular weight excluding hydrogens is 272 g/mol. The van der Waals surface area contributed by atoms with Crippen molar-refractivity contribution >= 4 is 17.3 Å². The van der Waals surface area contributed by atoms with Crippen LogP contribution in [0.15, 0.2) is 18.2 Å². The Bertz CT molecular complexity index is 572. The first-order valence-electron chi connectivity index (χ1n) is 5.19. The molecule has 7 nitrogen and oxygen atoms in total. The summed E-state index contributed by atoms with van der Waals surface area (Å²) in [6.45, 7) is 0. The van der Waals surface area contributed by atoms with Crippen LogP contribution in [-0.2, 0) is 0 Å². The van der Waals surface area contributed by atoms with E-state index in [1.54, 1.807) is 18.2 Å². The van der Waals surface area contributed by atoms with Crippen molar-refractivity contribution in [2.75, 3.05) is 20.0 Å². The maximum atomic E-state index is 5.80. The fourth-order valence-electron chi connectivity index (χ4n) is 1.26. The van der Waals surface area contributed by atoms with Gasteiger partial charge in [-0.3, -0.25) is 0 Å². The number of nitrogens with two attached hydrogens (primary N) is 1. The highest BCUT2D eigenvalue weighted by Crippen LogP contribution is 2.29. The Morgan fingerprint density at radius 3 is 2.11 bits per heavy atom. The lowest BCUT2D eigenvalue weighted by Crippen LogP contribution is -2.02. The van der Waals surface area contributed by atoms with Gasteiger partial charge in [0.1, 0.15) is 0 Å². The molecule has 19 heavy (non-hydrogen) atoms. The molecule has 100 valence electrons. The van der Waals surface area contributed by atoms with Gasteiger partial charge in [-0.25, -0.2) is 0 Å². The summed E-state index contributed by atoms with van der Waals surface area (Å²) in [5, 5.41) is 0.510. The van der Waals surface area contributed by atoms with Crippen molar-refractivity contribution in [2.45, 2.75) is 0 Å². The molecule has 0 radical (unpaired) electrons. The van der Waals surface area contributed by atoms with E-state index in [-0.39, 0.29) is 18.0 Å². The second-order valence-corrected chi connectivity index (χ2v) is 3.81. The van der Waals surface area contributed by atoms with Gasteiger partial charge in [0.05, 0.1) is 19.9 Å². The second-order valence-electron chi connectivity index (χ2n) is 3.38. The molecule has 2 rings (SSSR count). The summed E-state index contributed by atoms with van der Waals surface area (Å²) in [6.07, 6.45) is 0. The molecule has 0 aliphatic rings. The van der Waals surface area contributed by atoms with Crippen molar-refractivity contribution < 1.29 is 14.2 Å². The molecule has 0 saturated heterocycles. The van der Waals surface area contributed by atoms with Crippen molar-refractivity contribution in [2.24, 2.45) is 0 Å². The number of benzene rings is 1. The first-order chi connectivity index (χ1) is 9.12. The van der Waals surface area contributed by atoms with Crippen molar-refractivity contribution in [3.05, 3.63) is 23.2 Å². The number of hydrogen-bond acceptors (Lipinski definition) is 7. The van der Waals surface area contributed by atoms with Gasteiger partial charge >= 0.3 is 18.0 Å². The summed E-state index contributed by atoms with van der Waals surface area (Å²) in [4.78, 5) is 11.7. The Balaban J connectivity index is 2.31. The number of hydrogen-bond donors (Lipinski definition) is 1. The van der Waals surface area contributed by atoms with E-state index >= 15 is 0 Å². The monoisotopic (exact) mass is 282 g/mol. The predicted octanol–water partition coefficient (Wildman–Crippen LogP) is 1.92. The molecule has 1 heterocycles. The Kier molecular flexibility index (Phi) is 3.86. The molecule has 0 atom stereocenters. The van der Waals surface area contributed by atoms with Crippen LogP contribution >= 0.6 is 11.6 Å². The Morgan fingerprint density at radius 1 is 1.00 bits per heavy atom. The number of halogens is 1. The topological polar surface area (TPSA) is 92.4 Å². The molecule has 8 heteroatoms. The Morgan fingerprint density at radius 2 is 1.58 bits per heavy atom. The van der Waals surface area contributed by atoms with Crippen LogP contribution in [0.1, 0.15) is 0 Å². The molecule has 2 N–H and O–H groups in total. The molecule has 1 aromatic heterocycles. The number of aromatic nitrogens is 3. The molecule has 0 bridgehead atoms. The maximum Gasteiger partial charge on any atom is 0.331 e. The minimum absolute atomic E-state index is 0.0118. The van der Waals surface area contributed by atoms with Crippen LogP contribution in [0.3, 0.4) is 0 Å². The van der Waals surface area contributed by atoms with Gasteiger partial charge in [0, 0.05) is 5.02 Å². The van der Waals surface area contributed by atoms with Crippen molar-refractivity contribution in [3.8, 4) is 23.8 Å². The standard InChI is InChI=1S/C11H11ClN4O3/c1-17-9-14-10(18-2)16-11(15-9)19-8-4-3-6(12)5-7(8)13/h3-5H,13H2,1-2H3. The van der Waals surface area contributed by atoms with Gasteiger partial charge in [-0.2, -0.15) is 0 Å². The van der Waals surface area contributed by atoms with Gasteiger partial charge in [-0.15, -0.1) is 15.0 Å². The SMILES string of the molecule is COc1nc(OC)nc(Oc2ccc(Cl)cc2N)n1. The fourth-order valence-corrected chi connectivity index (χ4v) is 1.44. The van der Waals surface area contributed by atoms with E-state index in [9.17, 15) is 0 Å². The summed E-state index contributed by atoms with van der Waals surface area (Å²) in [5.74, 6) is 0.375. The van der Waals surface area contributed by atoms with E-state index in [4.69, 9.17) is 31.5 Å². The van der Waals surface area contributed by atoms with E-state index in [1.165, 1.54) is 14.2 Å².